The Bertz CT molecular complexity index is 383. The van der Waals surface area contributed by atoms with E-state index in [-0.39, 0.29) is 18.3 Å². The highest BCUT2D eigenvalue weighted by Crippen LogP contribution is 2.39. The maximum atomic E-state index is 6.05. The zero-order chi connectivity index (χ0) is 14.1. The summed E-state index contributed by atoms with van der Waals surface area (Å²) >= 11 is 0. The fraction of sp³-hybridized carbons (Fsp3) is 0.600. The van der Waals surface area contributed by atoms with E-state index >= 15 is 0 Å². The van der Waals surface area contributed by atoms with E-state index in [1.165, 1.54) is 5.57 Å². The Kier molecular flexibility index (Phi) is 4.29. The first kappa shape index (κ1) is 15.3. The molecule has 0 bridgehead atoms. The van der Waals surface area contributed by atoms with E-state index in [2.05, 4.69) is 54.2 Å². The van der Waals surface area contributed by atoms with Gasteiger partial charge in [0.15, 0.2) is 0 Å². The van der Waals surface area contributed by atoms with Crippen molar-refractivity contribution in [2.75, 3.05) is 0 Å². The maximum Gasteiger partial charge on any atom is 0.494 e. The Balaban J connectivity index is 3.05. The van der Waals surface area contributed by atoms with Gasteiger partial charge in [-0.15, -0.1) is 0 Å². The van der Waals surface area contributed by atoms with Crippen LogP contribution in [0.5, 0.6) is 0 Å². The minimum atomic E-state index is -0.318. The van der Waals surface area contributed by atoms with Crippen molar-refractivity contribution in [2.24, 2.45) is 0 Å². The quantitative estimate of drug-likeness (QED) is 0.553. The molecule has 0 aromatic rings. The van der Waals surface area contributed by atoms with Crippen molar-refractivity contribution in [3.8, 4) is 0 Å². The van der Waals surface area contributed by atoms with Crippen LogP contribution in [0.25, 0.3) is 0 Å². The maximum absolute atomic E-state index is 6.05. The first-order valence-electron chi connectivity index (χ1n) is 6.43. The molecule has 0 radical (unpaired) electrons. The van der Waals surface area contributed by atoms with E-state index in [0.29, 0.717) is 0 Å². The molecule has 0 N–H and O–H groups in total. The predicted molar refractivity (Wildman–Crippen MR) is 78.4 cm³/mol. The summed E-state index contributed by atoms with van der Waals surface area (Å²) in [7, 11) is -0.318. The highest BCUT2D eigenvalue weighted by molar-refractivity contribution is 6.55. The second kappa shape index (κ2) is 5.06. The van der Waals surface area contributed by atoms with Gasteiger partial charge < -0.3 is 9.31 Å². The zero-order valence-electron chi connectivity index (χ0n) is 12.8. The van der Waals surface area contributed by atoms with E-state index in [1.54, 1.807) is 0 Å². The lowest BCUT2D eigenvalue weighted by Gasteiger charge is -2.32. The molecule has 0 spiro atoms. The van der Waals surface area contributed by atoms with Crippen molar-refractivity contribution in [3.05, 3.63) is 35.3 Å². The molecule has 3 heteroatoms. The predicted octanol–water partition coefficient (Wildman–Crippen LogP) is 4.09. The monoisotopic (exact) mass is 248 g/mol. The van der Waals surface area contributed by atoms with Crippen molar-refractivity contribution >= 4 is 7.12 Å². The van der Waals surface area contributed by atoms with E-state index in [4.69, 9.17) is 9.31 Å². The fourth-order valence-electron chi connectivity index (χ4n) is 1.77. The van der Waals surface area contributed by atoms with Gasteiger partial charge in [0.05, 0.1) is 11.2 Å². The molecule has 18 heavy (non-hydrogen) atoms. The Morgan fingerprint density at radius 3 is 1.72 bits per heavy atom. The van der Waals surface area contributed by atoms with E-state index in [0.717, 1.165) is 11.0 Å². The highest BCUT2D eigenvalue weighted by atomic mass is 16.7. The second-order valence-electron chi connectivity index (χ2n) is 6.30. The molecule has 0 amide bonds. The van der Waals surface area contributed by atoms with Crippen molar-refractivity contribution in [2.45, 2.75) is 59.7 Å². The van der Waals surface area contributed by atoms with Crippen LogP contribution in [0.1, 0.15) is 48.5 Å². The zero-order valence-corrected chi connectivity index (χ0v) is 12.8. The van der Waals surface area contributed by atoms with Crippen LogP contribution in [0.3, 0.4) is 0 Å². The summed E-state index contributed by atoms with van der Waals surface area (Å²) in [6.45, 7) is 18.3. The molecular weight excluding hydrogens is 223 g/mol. The first-order chi connectivity index (χ1) is 8.05. The summed E-state index contributed by atoms with van der Waals surface area (Å²) in [5.74, 6) is 0. The minimum Gasteiger partial charge on any atom is -0.399 e. The normalized spacial score (nSPS) is 21.9. The Labute approximate surface area is 112 Å². The third-order valence-electron chi connectivity index (χ3n) is 3.39. The fourth-order valence-corrected chi connectivity index (χ4v) is 1.77. The van der Waals surface area contributed by atoms with Crippen LogP contribution in [0, 0.1) is 0 Å². The molecule has 1 saturated heterocycles. The molecule has 0 atom stereocenters. The molecule has 0 unspecified atom stereocenters. The van der Waals surface area contributed by atoms with Gasteiger partial charge in [-0.2, -0.15) is 0 Å². The standard InChI is InChI=1S/C15H25BO2/c1-11(2)9-13(10-12(3)4)16-17-14(5,6)15(7,8)18-16/h9-10H,1H2,2-8H3/b13-9+. The molecule has 0 saturated carbocycles. The van der Waals surface area contributed by atoms with E-state index in [1.807, 2.05) is 13.0 Å². The van der Waals surface area contributed by atoms with Gasteiger partial charge in [-0.1, -0.05) is 29.9 Å². The first-order valence-corrected chi connectivity index (χ1v) is 6.43. The summed E-state index contributed by atoms with van der Waals surface area (Å²) in [6, 6.07) is 0. The van der Waals surface area contributed by atoms with Crippen LogP contribution in [-0.2, 0) is 9.31 Å². The molecule has 1 heterocycles. The Morgan fingerprint density at radius 1 is 0.944 bits per heavy atom. The van der Waals surface area contributed by atoms with Crippen LogP contribution in [-0.4, -0.2) is 18.3 Å². The molecular formula is C15H25BO2. The lowest BCUT2D eigenvalue weighted by molar-refractivity contribution is 0.00578. The van der Waals surface area contributed by atoms with Gasteiger partial charge in [-0.05, 0) is 53.9 Å². The number of rotatable bonds is 3. The van der Waals surface area contributed by atoms with Gasteiger partial charge in [0, 0.05) is 0 Å². The third-order valence-corrected chi connectivity index (χ3v) is 3.39. The summed E-state index contributed by atoms with van der Waals surface area (Å²) in [4.78, 5) is 0. The topological polar surface area (TPSA) is 18.5 Å². The number of hydrogen-bond acceptors (Lipinski definition) is 2. The minimum absolute atomic E-state index is 0.304. The molecule has 1 fully saturated rings. The SMILES string of the molecule is C=C(C)/C=C(\C=C(C)C)B1OC(C)(C)C(C)(C)O1. The van der Waals surface area contributed by atoms with Crippen LogP contribution >= 0.6 is 0 Å². The molecule has 2 nitrogen and oxygen atoms in total. The average Bonchev–Trinajstić information content (AvgIpc) is 2.33. The Hall–Kier alpha value is -0.795. The molecule has 1 rings (SSSR count). The summed E-state index contributed by atoms with van der Waals surface area (Å²) in [5.41, 5.74) is 2.64. The van der Waals surface area contributed by atoms with Crippen LogP contribution in [0.4, 0.5) is 0 Å². The van der Waals surface area contributed by atoms with Gasteiger partial charge in [-0.25, -0.2) is 0 Å². The average molecular weight is 248 g/mol. The summed E-state index contributed by atoms with van der Waals surface area (Å²) < 4.78 is 12.1. The number of hydrogen-bond donors (Lipinski definition) is 0. The van der Waals surface area contributed by atoms with Crippen molar-refractivity contribution in [3.63, 3.8) is 0 Å². The molecule has 1 aliphatic rings. The van der Waals surface area contributed by atoms with Crippen LogP contribution < -0.4 is 0 Å². The molecule has 0 aliphatic carbocycles. The van der Waals surface area contributed by atoms with Crippen LogP contribution in [0.2, 0.25) is 0 Å². The number of allylic oxidation sites excluding steroid dienone is 5. The molecule has 0 aromatic carbocycles. The molecule has 0 aromatic heterocycles. The third kappa shape index (κ3) is 3.36. The van der Waals surface area contributed by atoms with Gasteiger partial charge >= 0.3 is 7.12 Å². The highest BCUT2D eigenvalue weighted by Gasteiger charge is 2.51. The van der Waals surface area contributed by atoms with E-state index < -0.39 is 0 Å². The molecule has 1 aliphatic heterocycles. The molecule has 100 valence electrons. The van der Waals surface area contributed by atoms with Crippen LogP contribution in [0.15, 0.2) is 35.3 Å². The van der Waals surface area contributed by atoms with Crippen molar-refractivity contribution in [1.29, 1.82) is 0 Å². The van der Waals surface area contributed by atoms with Gasteiger partial charge in [0.2, 0.25) is 0 Å². The Morgan fingerprint density at radius 2 is 1.39 bits per heavy atom. The largest absolute Gasteiger partial charge is 0.494 e. The lowest BCUT2D eigenvalue weighted by Crippen LogP contribution is -2.41. The van der Waals surface area contributed by atoms with Gasteiger partial charge in [0.25, 0.3) is 0 Å². The van der Waals surface area contributed by atoms with Crippen molar-refractivity contribution < 1.29 is 9.31 Å². The smallest absolute Gasteiger partial charge is 0.399 e. The lowest BCUT2D eigenvalue weighted by atomic mass is 9.76. The second-order valence-corrected chi connectivity index (χ2v) is 6.30. The summed E-state index contributed by atoms with van der Waals surface area (Å²) in [6.07, 6.45) is 4.12. The van der Waals surface area contributed by atoms with Gasteiger partial charge in [0.1, 0.15) is 0 Å². The van der Waals surface area contributed by atoms with Crippen molar-refractivity contribution in [1.82, 2.24) is 0 Å². The van der Waals surface area contributed by atoms with E-state index in [9.17, 15) is 0 Å². The van der Waals surface area contributed by atoms with Gasteiger partial charge in [-0.3, -0.25) is 0 Å². The summed E-state index contributed by atoms with van der Waals surface area (Å²) in [5, 5.41) is 0.